The zero-order valence-electron chi connectivity index (χ0n) is 12.5. The molecule has 0 saturated heterocycles. The van der Waals surface area contributed by atoms with Gasteiger partial charge in [-0.05, 0) is 30.0 Å². The van der Waals surface area contributed by atoms with E-state index in [2.05, 4.69) is 19.3 Å². The quantitative estimate of drug-likeness (QED) is 0.781. The number of hydroxylamine groups is 1. The lowest BCUT2D eigenvalue weighted by atomic mass is 10.1. The number of benzene rings is 1. The fourth-order valence-corrected chi connectivity index (χ4v) is 3.37. The van der Waals surface area contributed by atoms with E-state index in [1.807, 2.05) is 36.4 Å². The highest BCUT2D eigenvalue weighted by atomic mass is 32.1. The molecule has 0 atom stereocenters. The zero-order valence-corrected chi connectivity index (χ0v) is 13.3. The average Bonchev–Trinajstić information content (AvgIpc) is 2.92. The van der Waals surface area contributed by atoms with Crippen LogP contribution in [0.4, 0.5) is 0 Å². The minimum Gasteiger partial charge on any atom is -0.269 e. The second kappa shape index (κ2) is 7.96. The van der Waals surface area contributed by atoms with Crippen LogP contribution in [0.2, 0.25) is 0 Å². The molecule has 0 spiro atoms. The van der Waals surface area contributed by atoms with Crippen LogP contribution in [0.3, 0.4) is 0 Å². The Morgan fingerprint density at radius 2 is 2.00 bits per heavy atom. The van der Waals surface area contributed by atoms with Crippen molar-refractivity contribution < 1.29 is 9.63 Å². The van der Waals surface area contributed by atoms with Crippen molar-refractivity contribution in [1.82, 2.24) is 5.48 Å². The van der Waals surface area contributed by atoms with Gasteiger partial charge in [0.15, 0.2) is 0 Å². The molecule has 1 amide bonds. The molecule has 0 saturated carbocycles. The van der Waals surface area contributed by atoms with Crippen molar-refractivity contribution in [1.29, 1.82) is 0 Å². The first-order chi connectivity index (χ1) is 10.2. The second-order valence-electron chi connectivity index (χ2n) is 4.87. The van der Waals surface area contributed by atoms with E-state index in [1.54, 1.807) is 11.3 Å². The van der Waals surface area contributed by atoms with Gasteiger partial charge in [0.2, 0.25) is 0 Å². The van der Waals surface area contributed by atoms with Gasteiger partial charge in [-0.15, -0.1) is 11.3 Å². The van der Waals surface area contributed by atoms with Crippen LogP contribution in [0.15, 0.2) is 36.4 Å². The van der Waals surface area contributed by atoms with Crippen molar-refractivity contribution >= 4 is 17.2 Å². The third-order valence-corrected chi connectivity index (χ3v) is 4.46. The topological polar surface area (TPSA) is 38.3 Å². The molecule has 1 aromatic carbocycles. The molecule has 4 heteroatoms. The molecule has 21 heavy (non-hydrogen) atoms. The molecule has 1 heterocycles. The van der Waals surface area contributed by atoms with Gasteiger partial charge in [0.05, 0.1) is 11.5 Å². The van der Waals surface area contributed by atoms with E-state index in [4.69, 9.17) is 4.84 Å². The van der Waals surface area contributed by atoms with E-state index in [0.717, 1.165) is 29.7 Å². The number of hydrogen-bond acceptors (Lipinski definition) is 3. The van der Waals surface area contributed by atoms with Gasteiger partial charge in [-0.2, -0.15) is 0 Å². The molecule has 0 radical (unpaired) electrons. The van der Waals surface area contributed by atoms with Crippen molar-refractivity contribution in [3.63, 3.8) is 0 Å². The van der Waals surface area contributed by atoms with E-state index >= 15 is 0 Å². The van der Waals surface area contributed by atoms with Gasteiger partial charge in [-0.1, -0.05) is 50.6 Å². The summed E-state index contributed by atoms with van der Waals surface area (Å²) in [6.07, 6.45) is 3.09. The Morgan fingerprint density at radius 1 is 1.24 bits per heavy atom. The van der Waals surface area contributed by atoms with Crippen LogP contribution in [0.1, 0.15) is 45.9 Å². The summed E-state index contributed by atoms with van der Waals surface area (Å²) in [5, 5.41) is 0. The first-order valence-corrected chi connectivity index (χ1v) is 8.13. The summed E-state index contributed by atoms with van der Waals surface area (Å²) >= 11 is 1.57. The Balaban J connectivity index is 1.91. The number of aryl methyl sites for hydroxylation is 2. The summed E-state index contributed by atoms with van der Waals surface area (Å²) < 4.78 is 0. The first-order valence-electron chi connectivity index (χ1n) is 7.32. The van der Waals surface area contributed by atoms with Gasteiger partial charge in [0.1, 0.15) is 0 Å². The van der Waals surface area contributed by atoms with E-state index in [-0.39, 0.29) is 5.91 Å². The molecule has 1 N–H and O–H groups in total. The maximum atomic E-state index is 12.1. The average molecular weight is 303 g/mol. The number of amides is 1. The number of nitrogens with one attached hydrogen (secondary N) is 1. The van der Waals surface area contributed by atoms with Gasteiger partial charge in [0.25, 0.3) is 5.91 Å². The fraction of sp³-hybridized carbons (Fsp3) is 0.353. The van der Waals surface area contributed by atoms with Gasteiger partial charge in [0, 0.05) is 4.88 Å². The van der Waals surface area contributed by atoms with Crippen molar-refractivity contribution in [2.75, 3.05) is 0 Å². The molecule has 0 fully saturated rings. The second-order valence-corrected chi connectivity index (χ2v) is 6.00. The number of carbonyl (C=O) groups excluding carboxylic acids is 1. The Kier molecular flexibility index (Phi) is 5.96. The predicted molar refractivity (Wildman–Crippen MR) is 86.4 cm³/mol. The van der Waals surface area contributed by atoms with E-state index in [9.17, 15) is 4.79 Å². The molecule has 0 unspecified atom stereocenters. The summed E-state index contributed by atoms with van der Waals surface area (Å²) in [6, 6.07) is 11.8. The molecular formula is C17H21NO2S. The molecule has 2 aromatic rings. The van der Waals surface area contributed by atoms with Crippen LogP contribution in [0.25, 0.3) is 0 Å². The van der Waals surface area contributed by atoms with Crippen LogP contribution in [-0.2, 0) is 24.3 Å². The third kappa shape index (κ3) is 4.41. The maximum Gasteiger partial charge on any atom is 0.284 e. The van der Waals surface area contributed by atoms with Gasteiger partial charge >= 0.3 is 0 Å². The van der Waals surface area contributed by atoms with Crippen molar-refractivity contribution in [2.45, 2.75) is 39.7 Å². The Morgan fingerprint density at radius 3 is 2.67 bits per heavy atom. The van der Waals surface area contributed by atoms with Crippen molar-refractivity contribution in [3.05, 3.63) is 57.3 Å². The summed E-state index contributed by atoms with van der Waals surface area (Å²) in [4.78, 5) is 19.4. The summed E-state index contributed by atoms with van der Waals surface area (Å²) in [7, 11) is 0. The number of carbonyl (C=O) groups is 1. The maximum absolute atomic E-state index is 12.1. The first kappa shape index (κ1) is 15.7. The van der Waals surface area contributed by atoms with Crippen LogP contribution >= 0.6 is 11.3 Å². The SMILES string of the molecule is CCCc1sc(C(=O)NOCc2ccccc2)cc1CC. The molecule has 0 aliphatic carbocycles. The lowest BCUT2D eigenvalue weighted by Gasteiger charge is -2.04. The Labute approximate surface area is 129 Å². The smallest absolute Gasteiger partial charge is 0.269 e. The van der Waals surface area contributed by atoms with Crippen molar-refractivity contribution in [2.24, 2.45) is 0 Å². The Bertz CT molecular complexity index is 578. The zero-order chi connectivity index (χ0) is 15.1. The standard InChI is InChI=1S/C17H21NO2S/c1-3-8-15-14(4-2)11-16(21-15)17(19)18-20-12-13-9-6-5-7-10-13/h5-7,9-11H,3-4,8,12H2,1-2H3,(H,18,19). The van der Waals surface area contributed by atoms with E-state index < -0.39 is 0 Å². The fourth-order valence-electron chi connectivity index (χ4n) is 2.13. The number of thiophene rings is 1. The highest BCUT2D eigenvalue weighted by Crippen LogP contribution is 2.24. The molecule has 3 nitrogen and oxygen atoms in total. The Hall–Kier alpha value is -1.65. The summed E-state index contributed by atoms with van der Waals surface area (Å²) in [5.74, 6) is -0.159. The van der Waals surface area contributed by atoms with Gasteiger partial charge < -0.3 is 0 Å². The molecule has 1 aromatic heterocycles. The van der Waals surface area contributed by atoms with Crippen LogP contribution < -0.4 is 5.48 Å². The van der Waals surface area contributed by atoms with Crippen LogP contribution in [0, 0.1) is 0 Å². The van der Waals surface area contributed by atoms with Crippen LogP contribution in [-0.4, -0.2) is 5.91 Å². The highest BCUT2D eigenvalue weighted by molar-refractivity contribution is 7.14. The molecule has 0 aliphatic heterocycles. The lowest BCUT2D eigenvalue weighted by molar-refractivity contribution is 0.0237. The highest BCUT2D eigenvalue weighted by Gasteiger charge is 2.13. The molecule has 112 valence electrons. The van der Waals surface area contributed by atoms with Crippen LogP contribution in [0.5, 0.6) is 0 Å². The molecular weight excluding hydrogens is 282 g/mol. The molecule has 0 bridgehead atoms. The molecule has 2 rings (SSSR count). The predicted octanol–water partition coefficient (Wildman–Crippen LogP) is 4.12. The number of hydrogen-bond donors (Lipinski definition) is 1. The molecule has 0 aliphatic rings. The van der Waals surface area contributed by atoms with E-state index in [0.29, 0.717) is 6.61 Å². The largest absolute Gasteiger partial charge is 0.284 e. The normalized spacial score (nSPS) is 10.6. The monoisotopic (exact) mass is 303 g/mol. The van der Waals surface area contributed by atoms with Gasteiger partial charge in [-0.3, -0.25) is 9.63 Å². The van der Waals surface area contributed by atoms with E-state index in [1.165, 1.54) is 10.4 Å². The minimum absolute atomic E-state index is 0.159. The minimum atomic E-state index is -0.159. The summed E-state index contributed by atoms with van der Waals surface area (Å²) in [5.41, 5.74) is 4.83. The third-order valence-electron chi connectivity index (χ3n) is 3.22. The van der Waals surface area contributed by atoms with Crippen molar-refractivity contribution in [3.8, 4) is 0 Å². The lowest BCUT2D eigenvalue weighted by Crippen LogP contribution is -2.22. The summed E-state index contributed by atoms with van der Waals surface area (Å²) in [6.45, 7) is 4.65. The van der Waals surface area contributed by atoms with Gasteiger partial charge in [-0.25, -0.2) is 5.48 Å². The number of rotatable bonds is 7.